The number of nitrogens with one attached hydrogen (secondary N) is 1. The highest BCUT2D eigenvalue weighted by atomic mass is 19.4. The number of amides is 1. The molecule has 0 radical (unpaired) electrons. The summed E-state index contributed by atoms with van der Waals surface area (Å²) in [5, 5.41) is 2.05. The van der Waals surface area contributed by atoms with E-state index in [-0.39, 0.29) is 24.8 Å². The number of rotatable bonds is 6. The largest absolute Gasteiger partial charge is 0.464 e. The molecular weight excluding hydrogens is 380 g/mol. The Labute approximate surface area is 151 Å². The first-order valence-electron chi connectivity index (χ1n) is 8.05. The molecule has 0 spiro atoms. The van der Waals surface area contributed by atoms with Crippen LogP contribution in [-0.2, 0) is 21.9 Å². The van der Waals surface area contributed by atoms with Crippen LogP contribution in [0.3, 0.4) is 0 Å². The highest BCUT2D eigenvalue weighted by molar-refractivity contribution is 5.98. The zero-order chi connectivity index (χ0) is 21.0. The fourth-order valence-electron chi connectivity index (χ4n) is 2.16. The molecule has 0 aliphatic heterocycles. The lowest BCUT2D eigenvalue weighted by molar-refractivity contribution is -0.147. The number of carbonyl (C=O) groups is 2. The van der Waals surface area contributed by atoms with E-state index in [1.807, 2.05) is 0 Å². The van der Waals surface area contributed by atoms with Crippen LogP contribution in [0.15, 0.2) is 18.2 Å². The van der Waals surface area contributed by atoms with Gasteiger partial charge in [-0.15, -0.1) is 0 Å². The van der Waals surface area contributed by atoms with Crippen LogP contribution in [0.4, 0.5) is 26.3 Å². The van der Waals surface area contributed by atoms with E-state index in [0.29, 0.717) is 6.42 Å². The van der Waals surface area contributed by atoms with Gasteiger partial charge >= 0.3 is 18.3 Å². The van der Waals surface area contributed by atoms with Gasteiger partial charge in [-0.05, 0) is 30.5 Å². The van der Waals surface area contributed by atoms with Crippen molar-refractivity contribution in [3.8, 4) is 0 Å². The molecule has 4 nitrogen and oxygen atoms in total. The number of ether oxygens (including phenoxy) is 1. The molecular formula is C17H19F6NO3. The molecule has 1 amide bonds. The Morgan fingerprint density at radius 2 is 1.67 bits per heavy atom. The van der Waals surface area contributed by atoms with Crippen LogP contribution in [0.5, 0.6) is 0 Å². The molecule has 0 aromatic heterocycles. The number of esters is 1. The summed E-state index contributed by atoms with van der Waals surface area (Å²) in [5.74, 6) is -2.88. The number of carbonyl (C=O) groups excluding carboxylic acids is 2. The summed E-state index contributed by atoms with van der Waals surface area (Å²) in [7, 11) is 0. The summed E-state index contributed by atoms with van der Waals surface area (Å²) in [4.78, 5) is 24.3. The maximum absolute atomic E-state index is 13.1. The lowest BCUT2D eigenvalue weighted by Crippen LogP contribution is -2.45. The minimum absolute atomic E-state index is 0.0370. The predicted molar refractivity (Wildman–Crippen MR) is 83.8 cm³/mol. The monoisotopic (exact) mass is 399 g/mol. The third-order valence-corrected chi connectivity index (χ3v) is 3.55. The van der Waals surface area contributed by atoms with Crippen LogP contribution in [-0.4, -0.2) is 24.5 Å². The maximum atomic E-state index is 13.1. The number of hydrogen-bond acceptors (Lipinski definition) is 3. The topological polar surface area (TPSA) is 55.4 Å². The predicted octanol–water partition coefficient (Wildman–Crippen LogP) is 4.43. The zero-order valence-electron chi connectivity index (χ0n) is 14.8. The normalized spacial score (nSPS) is 13.4. The third kappa shape index (κ3) is 6.14. The highest BCUT2D eigenvalue weighted by Gasteiger charge is 2.39. The number of alkyl halides is 6. The molecule has 1 aromatic carbocycles. The molecule has 0 saturated carbocycles. The van der Waals surface area contributed by atoms with E-state index in [0.717, 1.165) is 0 Å². The molecule has 1 atom stereocenters. The number of hydrogen-bond donors (Lipinski definition) is 1. The third-order valence-electron chi connectivity index (χ3n) is 3.55. The van der Waals surface area contributed by atoms with Gasteiger partial charge in [0.25, 0.3) is 5.91 Å². The summed E-state index contributed by atoms with van der Waals surface area (Å²) < 4.78 is 82.7. The van der Waals surface area contributed by atoms with Gasteiger partial charge in [0.05, 0.1) is 23.3 Å². The van der Waals surface area contributed by atoms with E-state index in [9.17, 15) is 35.9 Å². The lowest BCUT2D eigenvalue weighted by atomic mass is 10.00. The van der Waals surface area contributed by atoms with Crippen molar-refractivity contribution in [2.75, 3.05) is 6.61 Å². The van der Waals surface area contributed by atoms with Crippen molar-refractivity contribution in [2.45, 2.75) is 45.6 Å². The molecule has 0 bridgehead atoms. The van der Waals surface area contributed by atoms with Crippen molar-refractivity contribution in [1.29, 1.82) is 0 Å². The number of halogens is 6. The first-order chi connectivity index (χ1) is 12.3. The van der Waals surface area contributed by atoms with Crippen molar-refractivity contribution >= 4 is 11.9 Å². The second-order valence-electron chi connectivity index (χ2n) is 6.12. The van der Waals surface area contributed by atoms with Gasteiger partial charge in [0, 0.05) is 0 Å². The van der Waals surface area contributed by atoms with Crippen LogP contribution in [0, 0.1) is 5.92 Å². The maximum Gasteiger partial charge on any atom is 0.417 e. The molecule has 152 valence electrons. The minimum Gasteiger partial charge on any atom is -0.464 e. The number of benzene rings is 1. The lowest BCUT2D eigenvalue weighted by Gasteiger charge is -2.22. The Morgan fingerprint density at radius 3 is 2.11 bits per heavy atom. The first kappa shape index (κ1) is 22.8. The van der Waals surface area contributed by atoms with Gasteiger partial charge < -0.3 is 10.1 Å². The smallest absolute Gasteiger partial charge is 0.417 e. The minimum atomic E-state index is -5.05. The van der Waals surface area contributed by atoms with E-state index >= 15 is 0 Å². The van der Waals surface area contributed by atoms with Crippen LogP contribution in [0.25, 0.3) is 0 Å². The van der Waals surface area contributed by atoms with Crippen LogP contribution in [0.1, 0.15) is 48.7 Å². The van der Waals surface area contributed by atoms with Gasteiger partial charge in [-0.2, -0.15) is 26.3 Å². The molecule has 1 rings (SSSR count). The molecule has 0 fully saturated rings. The molecule has 0 saturated heterocycles. The average molecular weight is 399 g/mol. The van der Waals surface area contributed by atoms with Gasteiger partial charge in [-0.3, -0.25) is 4.79 Å². The fourth-order valence-corrected chi connectivity index (χ4v) is 2.16. The van der Waals surface area contributed by atoms with E-state index in [1.165, 1.54) is 13.8 Å². The van der Waals surface area contributed by atoms with E-state index in [2.05, 4.69) is 5.32 Å². The van der Waals surface area contributed by atoms with Crippen molar-refractivity contribution < 1.29 is 40.7 Å². The van der Waals surface area contributed by atoms with Crippen molar-refractivity contribution in [3.63, 3.8) is 0 Å². The van der Waals surface area contributed by atoms with Crippen LogP contribution in [0.2, 0.25) is 0 Å². The van der Waals surface area contributed by atoms with Gasteiger partial charge in [0.15, 0.2) is 0 Å². The summed E-state index contributed by atoms with van der Waals surface area (Å²) in [6.07, 6.45) is -9.50. The molecule has 0 aliphatic carbocycles. The van der Waals surface area contributed by atoms with Crippen LogP contribution < -0.4 is 5.32 Å². The molecule has 27 heavy (non-hydrogen) atoms. The van der Waals surface area contributed by atoms with Gasteiger partial charge in [-0.1, -0.05) is 20.8 Å². The van der Waals surface area contributed by atoms with E-state index in [4.69, 9.17) is 4.74 Å². The van der Waals surface area contributed by atoms with Gasteiger partial charge in [0.2, 0.25) is 0 Å². The summed E-state index contributed by atoms with van der Waals surface area (Å²) >= 11 is 0. The van der Waals surface area contributed by atoms with Gasteiger partial charge in [0.1, 0.15) is 6.04 Å². The molecule has 1 N–H and O–H groups in total. The highest BCUT2D eigenvalue weighted by Crippen LogP contribution is 2.36. The van der Waals surface area contributed by atoms with E-state index < -0.39 is 52.9 Å². The van der Waals surface area contributed by atoms with Gasteiger partial charge in [-0.25, -0.2) is 4.79 Å². The van der Waals surface area contributed by atoms with Crippen LogP contribution >= 0.6 is 0 Å². The Balaban J connectivity index is 3.28. The second kappa shape index (κ2) is 8.62. The summed E-state index contributed by atoms with van der Waals surface area (Å²) in [6, 6.07) is -0.751. The SMILES string of the molecule is CCCOC(=O)C(NC(=O)c1cc(C(F)(F)F)ccc1C(F)(F)F)C(C)C. The second-order valence-corrected chi connectivity index (χ2v) is 6.12. The fraction of sp³-hybridized carbons (Fsp3) is 0.529. The standard InChI is InChI=1S/C17H19F6NO3/c1-4-7-27-15(26)13(9(2)3)24-14(25)11-8-10(16(18,19)20)5-6-12(11)17(21,22)23/h5-6,8-9,13H,4,7H2,1-3H3,(H,24,25). The first-order valence-corrected chi connectivity index (χ1v) is 8.05. The Hall–Kier alpha value is -2.26. The quantitative estimate of drug-likeness (QED) is 0.569. The molecule has 0 heterocycles. The molecule has 0 aliphatic rings. The van der Waals surface area contributed by atoms with Crippen molar-refractivity contribution in [1.82, 2.24) is 5.32 Å². The Kier molecular flexibility index (Phi) is 7.27. The molecule has 1 unspecified atom stereocenters. The zero-order valence-corrected chi connectivity index (χ0v) is 14.8. The Bertz CT molecular complexity index is 682. The average Bonchev–Trinajstić information content (AvgIpc) is 2.54. The molecule has 10 heteroatoms. The van der Waals surface area contributed by atoms with Crippen molar-refractivity contribution in [2.24, 2.45) is 5.92 Å². The Morgan fingerprint density at radius 1 is 1.07 bits per heavy atom. The summed E-state index contributed by atoms with van der Waals surface area (Å²) in [5.41, 5.74) is -4.15. The molecule has 1 aromatic rings. The van der Waals surface area contributed by atoms with Crippen molar-refractivity contribution in [3.05, 3.63) is 34.9 Å². The van der Waals surface area contributed by atoms with E-state index in [1.54, 1.807) is 6.92 Å². The summed E-state index contributed by atoms with van der Waals surface area (Å²) in [6.45, 7) is 4.77.